The number of carbonyl (C=O) groups excluding carboxylic acids is 1. The lowest BCUT2D eigenvalue weighted by Crippen LogP contribution is -2.41. The number of aryl methyl sites for hydroxylation is 1. The van der Waals surface area contributed by atoms with Gasteiger partial charge in [0.1, 0.15) is 5.69 Å². The van der Waals surface area contributed by atoms with Crippen molar-refractivity contribution in [2.24, 2.45) is 0 Å². The molecule has 1 saturated heterocycles. The van der Waals surface area contributed by atoms with Crippen molar-refractivity contribution in [2.75, 3.05) is 26.3 Å². The number of aromatic carboxylic acids is 1. The second-order valence-corrected chi connectivity index (χ2v) is 3.94. The van der Waals surface area contributed by atoms with Crippen LogP contribution in [0.3, 0.4) is 0 Å². The van der Waals surface area contributed by atoms with Crippen LogP contribution in [0.5, 0.6) is 0 Å². The number of carboxylic acid groups (broad SMARTS) is 1. The maximum absolute atomic E-state index is 12.2. The predicted molar refractivity (Wildman–Crippen MR) is 61.6 cm³/mol. The third-order valence-corrected chi connectivity index (χ3v) is 2.82. The van der Waals surface area contributed by atoms with Crippen molar-refractivity contribution in [3.05, 3.63) is 17.5 Å². The molecule has 0 radical (unpaired) electrons. The normalized spacial score (nSPS) is 15.7. The summed E-state index contributed by atoms with van der Waals surface area (Å²) >= 11 is 0. The Morgan fingerprint density at radius 1 is 1.44 bits per heavy atom. The van der Waals surface area contributed by atoms with E-state index in [1.807, 2.05) is 6.92 Å². The number of morpholine rings is 1. The number of nitrogens with zero attached hydrogens (tertiary/aromatic N) is 3. The molecule has 18 heavy (non-hydrogen) atoms. The van der Waals surface area contributed by atoms with Crippen LogP contribution in [0.25, 0.3) is 0 Å². The zero-order valence-electron chi connectivity index (χ0n) is 10.1. The highest BCUT2D eigenvalue weighted by atomic mass is 16.5. The molecule has 0 atom stereocenters. The molecule has 7 nitrogen and oxygen atoms in total. The molecule has 1 N–H and O–H groups in total. The first-order valence-corrected chi connectivity index (χ1v) is 5.81. The summed E-state index contributed by atoms with van der Waals surface area (Å²) in [6, 6.07) is 1.32. The second-order valence-electron chi connectivity index (χ2n) is 3.94. The molecule has 1 aromatic rings. The molecule has 0 unspecified atom stereocenters. The summed E-state index contributed by atoms with van der Waals surface area (Å²) in [7, 11) is 0. The van der Waals surface area contributed by atoms with Crippen LogP contribution in [-0.4, -0.2) is 58.0 Å². The van der Waals surface area contributed by atoms with Crippen LogP contribution in [-0.2, 0) is 11.3 Å². The first-order chi connectivity index (χ1) is 8.63. The molecule has 2 rings (SSSR count). The van der Waals surface area contributed by atoms with Crippen LogP contribution < -0.4 is 0 Å². The molecule has 1 fully saturated rings. The Balaban J connectivity index is 2.25. The summed E-state index contributed by atoms with van der Waals surface area (Å²) < 4.78 is 6.59. The van der Waals surface area contributed by atoms with Crippen molar-refractivity contribution in [1.82, 2.24) is 14.7 Å². The van der Waals surface area contributed by atoms with E-state index in [0.29, 0.717) is 38.5 Å². The first kappa shape index (κ1) is 12.6. The summed E-state index contributed by atoms with van der Waals surface area (Å²) in [4.78, 5) is 24.7. The Kier molecular flexibility index (Phi) is 3.61. The van der Waals surface area contributed by atoms with E-state index in [1.165, 1.54) is 10.7 Å². The summed E-state index contributed by atoms with van der Waals surface area (Å²) in [5.74, 6) is -1.32. The Hall–Kier alpha value is -1.89. The van der Waals surface area contributed by atoms with E-state index in [1.54, 1.807) is 4.90 Å². The Bertz CT molecular complexity index is 463. The maximum Gasteiger partial charge on any atom is 0.356 e. The van der Waals surface area contributed by atoms with Gasteiger partial charge in [-0.2, -0.15) is 5.10 Å². The minimum Gasteiger partial charge on any atom is -0.476 e. The van der Waals surface area contributed by atoms with Gasteiger partial charge in [-0.15, -0.1) is 0 Å². The SMILES string of the molecule is CCn1nc(C(=O)O)cc1C(=O)N1CCOCC1. The molecular formula is C11H15N3O4. The van der Waals surface area contributed by atoms with Crippen molar-refractivity contribution < 1.29 is 19.4 Å². The number of hydrogen-bond donors (Lipinski definition) is 1. The van der Waals surface area contributed by atoms with Gasteiger partial charge >= 0.3 is 5.97 Å². The van der Waals surface area contributed by atoms with Crippen LogP contribution in [0.1, 0.15) is 27.9 Å². The lowest BCUT2D eigenvalue weighted by atomic mass is 10.3. The monoisotopic (exact) mass is 253 g/mol. The molecular weight excluding hydrogens is 238 g/mol. The summed E-state index contributed by atoms with van der Waals surface area (Å²) in [5.41, 5.74) is 0.213. The highest BCUT2D eigenvalue weighted by Crippen LogP contribution is 2.10. The Morgan fingerprint density at radius 3 is 2.67 bits per heavy atom. The van der Waals surface area contributed by atoms with Gasteiger partial charge in [0.15, 0.2) is 5.69 Å². The van der Waals surface area contributed by atoms with Gasteiger partial charge in [0.05, 0.1) is 13.2 Å². The molecule has 0 aliphatic carbocycles. The number of hydrogen-bond acceptors (Lipinski definition) is 4. The Morgan fingerprint density at radius 2 is 2.11 bits per heavy atom. The predicted octanol–water partition coefficient (Wildman–Crippen LogP) is 0.0736. The molecule has 0 saturated carbocycles. The van der Waals surface area contributed by atoms with Gasteiger partial charge in [0.2, 0.25) is 0 Å². The number of rotatable bonds is 3. The lowest BCUT2D eigenvalue weighted by Gasteiger charge is -2.26. The third kappa shape index (κ3) is 2.35. The van der Waals surface area contributed by atoms with Gasteiger partial charge in [-0.3, -0.25) is 9.48 Å². The van der Waals surface area contributed by atoms with Crippen molar-refractivity contribution in [3.8, 4) is 0 Å². The molecule has 0 aromatic carbocycles. The molecule has 1 amide bonds. The van der Waals surface area contributed by atoms with Crippen LogP contribution in [0.4, 0.5) is 0 Å². The van der Waals surface area contributed by atoms with Crippen molar-refractivity contribution in [1.29, 1.82) is 0 Å². The number of aromatic nitrogens is 2. The van der Waals surface area contributed by atoms with E-state index in [0.717, 1.165) is 0 Å². The molecule has 1 aliphatic heterocycles. The molecule has 0 spiro atoms. The highest BCUT2D eigenvalue weighted by molar-refractivity contribution is 5.95. The van der Waals surface area contributed by atoms with E-state index in [4.69, 9.17) is 9.84 Å². The molecule has 1 aromatic heterocycles. The minimum absolute atomic E-state index is 0.103. The maximum atomic E-state index is 12.2. The fourth-order valence-electron chi connectivity index (χ4n) is 1.86. The topological polar surface area (TPSA) is 84.7 Å². The number of amides is 1. The second kappa shape index (κ2) is 5.18. The first-order valence-electron chi connectivity index (χ1n) is 5.81. The number of carbonyl (C=O) groups is 2. The van der Waals surface area contributed by atoms with Gasteiger partial charge in [-0.1, -0.05) is 0 Å². The largest absolute Gasteiger partial charge is 0.476 e. The smallest absolute Gasteiger partial charge is 0.356 e. The van der Waals surface area contributed by atoms with Gasteiger partial charge in [0.25, 0.3) is 5.91 Å². The standard InChI is InChI=1S/C11H15N3O4/c1-2-14-9(7-8(12-14)11(16)17)10(15)13-3-5-18-6-4-13/h7H,2-6H2,1H3,(H,16,17). The van der Waals surface area contributed by atoms with Gasteiger partial charge < -0.3 is 14.7 Å². The third-order valence-electron chi connectivity index (χ3n) is 2.82. The zero-order chi connectivity index (χ0) is 13.1. The van der Waals surface area contributed by atoms with E-state index in [2.05, 4.69) is 5.10 Å². The van der Waals surface area contributed by atoms with E-state index < -0.39 is 5.97 Å². The minimum atomic E-state index is -1.13. The highest BCUT2D eigenvalue weighted by Gasteiger charge is 2.24. The van der Waals surface area contributed by atoms with Crippen LogP contribution in [0.15, 0.2) is 6.07 Å². The fraction of sp³-hybridized carbons (Fsp3) is 0.545. The fourth-order valence-corrected chi connectivity index (χ4v) is 1.86. The van der Waals surface area contributed by atoms with Crippen molar-refractivity contribution >= 4 is 11.9 Å². The Labute approximate surface area is 104 Å². The van der Waals surface area contributed by atoms with E-state index >= 15 is 0 Å². The molecule has 1 aliphatic rings. The van der Waals surface area contributed by atoms with Gasteiger partial charge in [-0.25, -0.2) is 4.79 Å². The van der Waals surface area contributed by atoms with Crippen molar-refractivity contribution in [2.45, 2.75) is 13.5 Å². The molecule has 7 heteroatoms. The van der Waals surface area contributed by atoms with Crippen LogP contribution in [0.2, 0.25) is 0 Å². The average molecular weight is 253 g/mol. The average Bonchev–Trinajstić information content (AvgIpc) is 2.83. The molecule has 2 heterocycles. The van der Waals surface area contributed by atoms with Crippen LogP contribution in [0, 0.1) is 0 Å². The van der Waals surface area contributed by atoms with Crippen LogP contribution >= 0.6 is 0 Å². The quantitative estimate of drug-likeness (QED) is 0.824. The number of ether oxygens (including phenoxy) is 1. The van der Waals surface area contributed by atoms with E-state index in [9.17, 15) is 9.59 Å². The van der Waals surface area contributed by atoms with Gasteiger partial charge in [-0.05, 0) is 6.92 Å². The zero-order valence-corrected chi connectivity index (χ0v) is 10.1. The summed E-state index contributed by atoms with van der Waals surface area (Å²) in [6.07, 6.45) is 0. The van der Waals surface area contributed by atoms with E-state index in [-0.39, 0.29) is 11.6 Å². The van der Waals surface area contributed by atoms with Gasteiger partial charge in [0, 0.05) is 25.7 Å². The molecule has 98 valence electrons. The van der Waals surface area contributed by atoms with Crippen molar-refractivity contribution in [3.63, 3.8) is 0 Å². The molecule has 0 bridgehead atoms. The summed E-state index contributed by atoms with van der Waals surface area (Å²) in [6.45, 7) is 4.34. The lowest BCUT2D eigenvalue weighted by molar-refractivity contribution is 0.0295. The number of carboxylic acids is 1. The summed E-state index contributed by atoms with van der Waals surface area (Å²) in [5, 5.41) is 12.8.